The first kappa shape index (κ1) is 7.92. The van der Waals surface area contributed by atoms with Crippen molar-refractivity contribution in [3.63, 3.8) is 0 Å². The third-order valence-electron chi connectivity index (χ3n) is 1.81. The van der Waals surface area contributed by atoms with E-state index in [0.29, 0.717) is 11.3 Å². The van der Waals surface area contributed by atoms with E-state index in [-0.39, 0.29) is 0 Å². The van der Waals surface area contributed by atoms with Crippen LogP contribution in [0, 0.1) is 0 Å². The Morgan fingerprint density at radius 1 is 1.50 bits per heavy atom. The summed E-state index contributed by atoms with van der Waals surface area (Å²) in [5.74, 6) is 0. The van der Waals surface area contributed by atoms with Gasteiger partial charge in [0.25, 0.3) is 0 Å². The Balaban J connectivity index is 2.52. The molecule has 2 atom stereocenters. The number of rotatable bonds is 2. The molecule has 1 aliphatic heterocycles. The second-order valence-electron chi connectivity index (χ2n) is 2.51. The van der Waals surface area contributed by atoms with Gasteiger partial charge in [-0.25, -0.2) is 0 Å². The Kier molecular flexibility index (Phi) is 2.60. The normalized spacial score (nSPS) is 32.4. The van der Waals surface area contributed by atoms with Crippen LogP contribution in [0.4, 0.5) is 0 Å². The zero-order chi connectivity index (χ0) is 7.56. The van der Waals surface area contributed by atoms with Gasteiger partial charge in [-0.15, -0.1) is 0 Å². The molecule has 0 spiro atoms. The fourth-order valence-electron chi connectivity index (χ4n) is 1.22. The standard InChI is InChI=1S/C7H14N2S/c1-3-5-6(4-2)10-7(8)9-5/h5-6H,3-4H2,1-2H3,(H2,8,9). The highest BCUT2D eigenvalue weighted by molar-refractivity contribution is 8.14. The van der Waals surface area contributed by atoms with Crippen LogP contribution in [-0.4, -0.2) is 16.5 Å². The fourth-order valence-corrected chi connectivity index (χ4v) is 2.30. The van der Waals surface area contributed by atoms with Crippen molar-refractivity contribution in [1.29, 1.82) is 0 Å². The maximum absolute atomic E-state index is 5.58. The molecule has 0 aromatic carbocycles. The lowest BCUT2D eigenvalue weighted by Crippen LogP contribution is -2.14. The SMILES string of the molecule is CCC1N=C(N)SC1CC. The van der Waals surface area contributed by atoms with Crippen LogP contribution in [0.2, 0.25) is 0 Å². The van der Waals surface area contributed by atoms with Crippen LogP contribution in [0.5, 0.6) is 0 Å². The number of aliphatic imine (C=N–C) groups is 1. The lowest BCUT2D eigenvalue weighted by Gasteiger charge is -2.11. The van der Waals surface area contributed by atoms with Gasteiger partial charge in [-0.05, 0) is 12.8 Å². The van der Waals surface area contributed by atoms with Crippen LogP contribution in [-0.2, 0) is 0 Å². The number of nitrogens with two attached hydrogens (primary N) is 1. The molecule has 3 heteroatoms. The Morgan fingerprint density at radius 3 is 2.60 bits per heavy atom. The molecule has 0 saturated carbocycles. The number of amidine groups is 1. The molecule has 0 radical (unpaired) electrons. The minimum absolute atomic E-state index is 0.481. The van der Waals surface area contributed by atoms with Gasteiger partial charge in [-0.1, -0.05) is 25.6 Å². The number of hydrogen-bond acceptors (Lipinski definition) is 3. The number of nitrogens with zero attached hydrogens (tertiary/aromatic N) is 1. The first-order valence-electron chi connectivity index (χ1n) is 3.77. The van der Waals surface area contributed by atoms with E-state index < -0.39 is 0 Å². The molecule has 1 aliphatic rings. The highest BCUT2D eigenvalue weighted by Gasteiger charge is 2.25. The molecule has 0 saturated heterocycles. The summed E-state index contributed by atoms with van der Waals surface area (Å²) >= 11 is 1.73. The number of hydrogen-bond donors (Lipinski definition) is 1. The molecule has 0 aliphatic carbocycles. The zero-order valence-corrected chi connectivity index (χ0v) is 7.32. The van der Waals surface area contributed by atoms with Gasteiger partial charge in [0, 0.05) is 5.25 Å². The Morgan fingerprint density at radius 2 is 2.20 bits per heavy atom. The van der Waals surface area contributed by atoms with Gasteiger partial charge in [-0.3, -0.25) is 4.99 Å². The lowest BCUT2D eigenvalue weighted by atomic mass is 10.1. The van der Waals surface area contributed by atoms with E-state index in [1.165, 1.54) is 6.42 Å². The van der Waals surface area contributed by atoms with Gasteiger partial charge >= 0.3 is 0 Å². The van der Waals surface area contributed by atoms with E-state index in [1.807, 2.05) is 0 Å². The van der Waals surface area contributed by atoms with Crippen LogP contribution in [0.1, 0.15) is 26.7 Å². The molecule has 10 heavy (non-hydrogen) atoms. The van der Waals surface area contributed by atoms with E-state index in [0.717, 1.165) is 11.6 Å². The Hall–Kier alpha value is -0.180. The molecular formula is C7H14N2S. The molecule has 0 aromatic rings. The summed E-state index contributed by atoms with van der Waals surface area (Å²) in [6.07, 6.45) is 2.29. The molecule has 0 aromatic heterocycles. The molecule has 1 heterocycles. The molecule has 0 bridgehead atoms. The average molecular weight is 158 g/mol. The maximum Gasteiger partial charge on any atom is 0.154 e. The second kappa shape index (κ2) is 3.28. The van der Waals surface area contributed by atoms with E-state index in [9.17, 15) is 0 Å². The highest BCUT2D eigenvalue weighted by Crippen LogP contribution is 2.28. The minimum atomic E-state index is 0.481. The first-order chi connectivity index (χ1) is 4.77. The first-order valence-corrected chi connectivity index (χ1v) is 4.65. The number of thioether (sulfide) groups is 1. The molecule has 0 amide bonds. The zero-order valence-electron chi connectivity index (χ0n) is 6.50. The summed E-state index contributed by atoms with van der Waals surface area (Å²) in [7, 11) is 0. The van der Waals surface area contributed by atoms with E-state index in [1.54, 1.807) is 11.8 Å². The Labute approximate surface area is 66.3 Å². The van der Waals surface area contributed by atoms with E-state index >= 15 is 0 Å². The quantitative estimate of drug-likeness (QED) is 0.663. The summed E-state index contributed by atoms with van der Waals surface area (Å²) in [4.78, 5) is 4.32. The highest BCUT2D eigenvalue weighted by atomic mass is 32.2. The van der Waals surface area contributed by atoms with E-state index in [4.69, 9.17) is 5.73 Å². The van der Waals surface area contributed by atoms with Crippen molar-refractivity contribution in [2.75, 3.05) is 0 Å². The van der Waals surface area contributed by atoms with Crippen molar-refractivity contribution in [3.8, 4) is 0 Å². The second-order valence-corrected chi connectivity index (χ2v) is 3.77. The van der Waals surface area contributed by atoms with Crippen LogP contribution < -0.4 is 5.73 Å². The van der Waals surface area contributed by atoms with Gasteiger partial charge in [0.05, 0.1) is 6.04 Å². The van der Waals surface area contributed by atoms with E-state index in [2.05, 4.69) is 18.8 Å². The van der Waals surface area contributed by atoms with Gasteiger partial charge in [-0.2, -0.15) is 0 Å². The largest absolute Gasteiger partial charge is 0.379 e. The minimum Gasteiger partial charge on any atom is -0.379 e. The van der Waals surface area contributed by atoms with Crippen molar-refractivity contribution < 1.29 is 0 Å². The fraction of sp³-hybridized carbons (Fsp3) is 0.857. The third kappa shape index (κ3) is 1.45. The molecule has 1 rings (SSSR count). The van der Waals surface area contributed by atoms with Crippen molar-refractivity contribution in [2.45, 2.75) is 38.0 Å². The predicted octanol–water partition coefficient (Wildman–Crippen LogP) is 1.61. The van der Waals surface area contributed by atoms with Crippen LogP contribution in [0.25, 0.3) is 0 Å². The van der Waals surface area contributed by atoms with Crippen LogP contribution in [0.3, 0.4) is 0 Å². The van der Waals surface area contributed by atoms with Gasteiger partial charge in [0.2, 0.25) is 0 Å². The van der Waals surface area contributed by atoms with Crippen molar-refractivity contribution in [2.24, 2.45) is 10.7 Å². The average Bonchev–Trinajstić information content (AvgIpc) is 2.30. The maximum atomic E-state index is 5.58. The topological polar surface area (TPSA) is 38.4 Å². The smallest absolute Gasteiger partial charge is 0.154 e. The summed E-state index contributed by atoms with van der Waals surface area (Å²) in [6, 6.07) is 0.481. The summed E-state index contributed by atoms with van der Waals surface area (Å²) < 4.78 is 0. The monoisotopic (exact) mass is 158 g/mol. The molecule has 2 N–H and O–H groups in total. The van der Waals surface area contributed by atoms with Gasteiger partial charge < -0.3 is 5.73 Å². The van der Waals surface area contributed by atoms with Crippen LogP contribution >= 0.6 is 11.8 Å². The summed E-state index contributed by atoms with van der Waals surface area (Å²) in [5, 5.41) is 1.42. The summed E-state index contributed by atoms with van der Waals surface area (Å²) in [6.45, 7) is 4.35. The van der Waals surface area contributed by atoms with Crippen LogP contribution in [0.15, 0.2) is 4.99 Å². The van der Waals surface area contributed by atoms with Gasteiger partial charge in [0.1, 0.15) is 0 Å². The molecular weight excluding hydrogens is 144 g/mol. The Bertz CT molecular complexity index is 145. The lowest BCUT2D eigenvalue weighted by molar-refractivity contribution is 0.615. The van der Waals surface area contributed by atoms with Crippen molar-refractivity contribution in [1.82, 2.24) is 0 Å². The predicted molar refractivity (Wildman–Crippen MR) is 47.4 cm³/mol. The molecule has 2 unspecified atom stereocenters. The van der Waals surface area contributed by atoms with Gasteiger partial charge in [0.15, 0.2) is 5.17 Å². The molecule has 0 fully saturated rings. The third-order valence-corrected chi connectivity index (χ3v) is 3.11. The van der Waals surface area contributed by atoms with Crippen molar-refractivity contribution in [3.05, 3.63) is 0 Å². The van der Waals surface area contributed by atoms with Crippen molar-refractivity contribution >= 4 is 16.9 Å². The molecule has 2 nitrogen and oxygen atoms in total. The molecule has 58 valence electrons. The summed E-state index contributed by atoms with van der Waals surface area (Å²) in [5.41, 5.74) is 5.58.